The SMILES string of the molecule is CCCOCN(C(=O)C(Cl)OCC(C)C)c1ccccc1C. The van der Waals surface area contributed by atoms with Crippen LogP contribution in [0.25, 0.3) is 0 Å². The van der Waals surface area contributed by atoms with Crippen LogP contribution in [-0.2, 0) is 14.3 Å². The van der Waals surface area contributed by atoms with Crippen LogP contribution in [0.3, 0.4) is 0 Å². The first-order valence-electron chi connectivity index (χ1n) is 7.67. The summed E-state index contributed by atoms with van der Waals surface area (Å²) in [5.41, 5.74) is 0.776. The van der Waals surface area contributed by atoms with Gasteiger partial charge in [-0.15, -0.1) is 0 Å². The number of ether oxygens (including phenoxy) is 2. The third-order valence-electron chi connectivity index (χ3n) is 3.01. The highest BCUT2D eigenvalue weighted by Crippen LogP contribution is 2.22. The van der Waals surface area contributed by atoms with Crippen molar-refractivity contribution >= 4 is 23.2 Å². The summed E-state index contributed by atoms with van der Waals surface area (Å²) in [5.74, 6) is 0.0185. The van der Waals surface area contributed by atoms with Gasteiger partial charge in [-0.3, -0.25) is 9.69 Å². The molecule has 0 fully saturated rings. The van der Waals surface area contributed by atoms with Gasteiger partial charge in [0.2, 0.25) is 5.56 Å². The van der Waals surface area contributed by atoms with Crippen LogP contribution in [0.4, 0.5) is 5.69 Å². The minimum Gasteiger partial charge on any atom is -0.361 e. The lowest BCUT2D eigenvalue weighted by Crippen LogP contribution is -2.40. The summed E-state index contributed by atoms with van der Waals surface area (Å²) < 4.78 is 11.0. The van der Waals surface area contributed by atoms with E-state index in [1.807, 2.05) is 52.0 Å². The molecule has 0 bridgehead atoms. The molecule has 4 nitrogen and oxygen atoms in total. The first kappa shape index (κ1) is 18.9. The van der Waals surface area contributed by atoms with Crippen molar-refractivity contribution in [1.29, 1.82) is 0 Å². The van der Waals surface area contributed by atoms with Crippen molar-refractivity contribution in [3.05, 3.63) is 29.8 Å². The summed E-state index contributed by atoms with van der Waals surface area (Å²) >= 11 is 6.12. The summed E-state index contributed by atoms with van der Waals surface area (Å²) in [4.78, 5) is 14.1. The molecule has 1 amide bonds. The molecule has 5 heteroatoms. The van der Waals surface area contributed by atoms with Gasteiger partial charge in [-0.1, -0.05) is 50.6 Å². The van der Waals surface area contributed by atoms with Gasteiger partial charge in [-0.05, 0) is 30.9 Å². The Morgan fingerprint density at radius 2 is 2.00 bits per heavy atom. The maximum atomic E-state index is 12.6. The van der Waals surface area contributed by atoms with Crippen LogP contribution >= 0.6 is 11.6 Å². The summed E-state index contributed by atoms with van der Waals surface area (Å²) in [6.07, 6.45) is 0.893. The van der Waals surface area contributed by atoms with Gasteiger partial charge in [-0.25, -0.2) is 0 Å². The van der Waals surface area contributed by atoms with E-state index >= 15 is 0 Å². The zero-order chi connectivity index (χ0) is 16.5. The van der Waals surface area contributed by atoms with Gasteiger partial charge in [0.05, 0.1) is 6.61 Å². The van der Waals surface area contributed by atoms with Crippen molar-refractivity contribution in [2.24, 2.45) is 5.92 Å². The lowest BCUT2D eigenvalue weighted by atomic mass is 10.2. The molecule has 124 valence electrons. The number of anilines is 1. The second kappa shape index (κ2) is 9.82. The molecule has 1 rings (SSSR count). The standard InChI is InChI=1S/C17H26ClNO3/c1-5-10-21-12-19(15-9-7-6-8-14(15)4)17(20)16(18)22-11-13(2)3/h6-9,13,16H,5,10-12H2,1-4H3. The van der Waals surface area contributed by atoms with Crippen LogP contribution in [0, 0.1) is 12.8 Å². The largest absolute Gasteiger partial charge is 0.361 e. The topological polar surface area (TPSA) is 38.8 Å². The number of halogens is 1. The van der Waals surface area contributed by atoms with Crippen molar-refractivity contribution < 1.29 is 14.3 Å². The van der Waals surface area contributed by atoms with Crippen molar-refractivity contribution in [2.75, 3.05) is 24.8 Å². The number of carbonyl (C=O) groups is 1. The summed E-state index contributed by atoms with van der Waals surface area (Å²) in [5, 5.41) is 0. The molecule has 0 saturated carbocycles. The van der Waals surface area contributed by atoms with E-state index in [0.29, 0.717) is 19.1 Å². The fraction of sp³-hybridized carbons (Fsp3) is 0.588. The van der Waals surface area contributed by atoms with Gasteiger partial charge in [0.1, 0.15) is 6.73 Å². The monoisotopic (exact) mass is 327 g/mol. The molecule has 0 aliphatic carbocycles. The van der Waals surface area contributed by atoms with Crippen molar-refractivity contribution in [3.8, 4) is 0 Å². The highest BCUT2D eigenvalue weighted by atomic mass is 35.5. The Kier molecular flexibility index (Phi) is 8.46. The van der Waals surface area contributed by atoms with Gasteiger partial charge in [0, 0.05) is 12.3 Å². The highest BCUT2D eigenvalue weighted by Gasteiger charge is 2.25. The third-order valence-corrected chi connectivity index (χ3v) is 3.32. The number of rotatable bonds is 9. The van der Waals surface area contributed by atoms with E-state index in [-0.39, 0.29) is 12.6 Å². The lowest BCUT2D eigenvalue weighted by Gasteiger charge is -2.26. The second-order valence-electron chi connectivity index (χ2n) is 5.63. The van der Waals surface area contributed by atoms with Crippen LogP contribution in [0.15, 0.2) is 24.3 Å². The fourth-order valence-corrected chi connectivity index (χ4v) is 2.08. The number of para-hydroxylation sites is 1. The predicted octanol–water partition coefficient (Wildman–Crippen LogP) is 3.95. The number of hydrogen-bond donors (Lipinski definition) is 0. The Labute approximate surface area is 138 Å². The molecule has 0 heterocycles. The number of nitrogens with zero attached hydrogens (tertiary/aromatic N) is 1. The van der Waals surface area contributed by atoms with Crippen molar-refractivity contribution in [2.45, 2.75) is 39.7 Å². The Morgan fingerprint density at radius 3 is 2.59 bits per heavy atom. The number of benzene rings is 1. The van der Waals surface area contributed by atoms with E-state index < -0.39 is 5.56 Å². The van der Waals surface area contributed by atoms with E-state index in [0.717, 1.165) is 17.7 Å². The molecule has 0 N–H and O–H groups in total. The first-order valence-corrected chi connectivity index (χ1v) is 8.11. The third kappa shape index (κ3) is 5.95. The van der Waals surface area contributed by atoms with E-state index in [1.54, 1.807) is 4.90 Å². The van der Waals surface area contributed by atoms with E-state index in [1.165, 1.54) is 0 Å². The van der Waals surface area contributed by atoms with Crippen LogP contribution in [-0.4, -0.2) is 31.4 Å². The molecule has 0 spiro atoms. The van der Waals surface area contributed by atoms with Crippen molar-refractivity contribution in [1.82, 2.24) is 0 Å². The molecule has 1 unspecified atom stereocenters. The molecule has 0 aliphatic heterocycles. The average molecular weight is 328 g/mol. The summed E-state index contributed by atoms with van der Waals surface area (Å²) in [7, 11) is 0. The van der Waals surface area contributed by atoms with Crippen LogP contribution in [0.1, 0.15) is 32.8 Å². The first-order chi connectivity index (χ1) is 10.5. The maximum absolute atomic E-state index is 12.6. The number of carbonyl (C=O) groups excluding carboxylic acids is 1. The summed E-state index contributed by atoms with van der Waals surface area (Å²) in [6, 6.07) is 7.66. The quantitative estimate of drug-likeness (QED) is 0.391. The molecule has 1 aromatic rings. The molecule has 0 aliphatic rings. The van der Waals surface area contributed by atoms with E-state index in [9.17, 15) is 4.79 Å². The Hall–Kier alpha value is -1.10. The van der Waals surface area contributed by atoms with Gasteiger partial charge in [0.25, 0.3) is 5.91 Å². The van der Waals surface area contributed by atoms with Crippen LogP contribution < -0.4 is 4.90 Å². The van der Waals surface area contributed by atoms with Gasteiger partial charge in [0.15, 0.2) is 0 Å². The van der Waals surface area contributed by atoms with Gasteiger partial charge < -0.3 is 9.47 Å². The molecule has 1 aromatic carbocycles. The Morgan fingerprint density at radius 1 is 1.32 bits per heavy atom. The van der Waals surface area contributed by atoms with Crippen molar-refractivity contribution in [3.63, 3.8) is 0 Å². The number of amides is 1. The summed E-state index contributed by atoms with van der Waals surface area (Å²) in [6.45, 7) is 9.21. The Bertz CT molecular complexity index is 465. The molecular weight excluding hydrogens is 302 g/mol. The molecule has 22 heavy (non-hydrogen) atoms. The van der Waals surface area contributed by atoms with Gasteiger partial charge in [-0.2, -0.15) is 0 Å². The highest BCUT2D eigenvalue weighted by molar-refractivity contribution is 6.31. The zero-order valence-corrected chi connectivity index (χ0v) is 14.6. The Balaban J connectivity index is 2.85. The predicted molar refractivity (Wildman–Crippen MR) is 90.2 cm³/mol. The zero-order valence-electron chi connectivity index (χ0n) is 13.8. The van der Waals surface area contributed by atoms with Crippen LogP contribution in [0.2, 0.25) is 0 Å². The molecular formula is C17H26ClNO3. The number of hydrogen-bond acceptors (Lipinski definition) is 3. The molecule has 0 radical (unpaired) electrons. The smallest absolute Gasteiger partial charge is 0.273 e. The minimum atomic E-state index is -1.01. The average Bonchev–Trinajstić information content (AvgIpc) is 2.49. The lowest BCUT2D eigenvalue weighted by molar-refractivity contribution is -0.127. The fourth-order valence-electron chi connectivity index (χ4n) is 1.89. The molecule has 0 aromatic heterocycles. The minimum absolute atomic E-state index is 0.172. The van der Waals surface area contributed by atoms with E-state index in [4.69, 9.17) is 21.1 Å². The molecule has 1 atom stereocenters. The maximum Gasteiger partial charge on any atom is 0.273 e. The normalized spacial score (nSPS) is 12.5. The second-order valence-corrected chi connectivity index (χ2v) is 6.03. The number of alkyl halides is 1. The molecule has 0 saturated heterocycles. The number of aryl methyl sites for hydroxylation is 1. The van der Waals surface area contributed by atoms with E-state index in [2.05, 4.69) is 0 Å². The van der Waals surface area contributed by atoms with Crippen LogP contribution in [0.5, 0.6) is 0 Å². The van der Waals surface area contributed by atoms with Gasteiger partial charge >= 0.3 is 0 Å².